The van der Waals surface area contributed by atoms with Gasteiger partial charge in [-0.3, -0.25) is 4.68 Å². The fourth-order valence-corrected chi connectivity index (χ4v) is 4.29. The Labute approximate surface area is 148 Å². The Morgan fingerprint density at radius 1 is 1.12 bits per heavy atom. The van der Waals surface area contributed by atoms with Gasteiger partial charge in [-0.25, -0.2) is 4.98 Å². The third-order valence-electron chi connectivity index (χ3n) is 4.75. The molecule has 25 heavy (non-hydrogen) atoms. The predicted molar refractivity (Wildman–Crippen MR) is 94.7 cm³/mol. The molecule has 1 aliphatic rings. The first-order valence-electron chi connectivity index (χ1n) is 8.26. The second-order valence-electron chi connectivity index (χ2n) is 6.54. The van der Waals surface area contributed by atoms with Gasteiger partial charge in [-0.15, -0.1) is 21.5 Å². The molecular formula is C17H17N7S. The molecule has 0 spiro atoms. The Bertz CT molecular complexity index is 1090. The normalized spacial score (nSPS) is 19.6. The quantitative estimate of drug-likeness (QED) is 0.567. The average molecular weight is 351 g/mol. The summed E-state index contributed by atoms with van der Waals surface area (Å²) in [6.45, 7) is 3.95. The van der Waals surface area contributed by atoms with Crippen molar-refractivity contribution in [3.8, 4) is 11.4 Å². The van der Waals surface area contributed by atoms with Gasteiger partial charge < -0.3 is 0 Å². The van der Waals surface area contributed by atoms with Crippen LogP contribution in [0.1, 0.15) is 39.7 Å². The molecule has 1 fully saturated rings. The Balaban J connectivity index is 1.48. The van der Waals surface area contributed by atoms with E-state index in [1.54, 1.807) is 15.9 Å². The van der Waals surface area contributed by atoms with Gasteiger partial charge in [0.15, 0.2) is 11.5 Å². The maximum Gasteiger partial charge on any atom is 0.177 e. The van der Waals surface area contributed by atoms with Crippen molar-refractivity contribution in [2.45, 2.75) is 32.1 Å². The Kier molecular flexibility index (Phi) is 3.05. The lowest BCUT2D eigenvalue weighted by atomic mass is 10.2. The van der Waals surface area contributed by atoms with Gasteiger partial charge in [0.2, 0.25) is 0 Å². The lowest BCUT2D eigenvalue weighted by Gasteiger charge is -2.01. The number of nitrogens with zero attached hydrogens (tertiary/aromatic N) is 7. The lowest BCUT2D eigenvalue weighted by molar-refractivity contribution is 0.742. The lowest BCUT2D eigenvalue weighted by Crippen LogP contribution is -2.00. The van der Waals surface area contributed by atoms with Crippen molar-refractivity contribution in [1.82, 2.24) is 34.6 Å². The van der Waals surface area contributed by atoms with E-state index >= 15 is 0 Å². The standard InChI is InChI=1S/C17H17N7S/c1-9-19-20-17-5-4-13(22-24(9)17)15-7-14(21-23(15)3)11-6-12(11)16-8-18-10(2)25-16/h4-5,7-8,11-12H,6H2,1-3H3/t11-,12-/m1/s1. The number of rotatable bonds is 3. The fraction of sp³-hybridized carbons (Fsp3) is 0.353. The largest absolute Gasteiger partial charge is 0.266 e. The monoisotopic (exact) mass is 351 g/mol. The Hall–Kier alpha value is -2.61. The van der Waals surface area contributed by atoms with Crippen LogP contribution in [0.4, 0.5) is 0 Å². The molecule has 0 unspecified atom stereocenters. The second kappa shape index (κ2) is 5.19. The zero-order valence-electron chi connectivity index (χ0n) is 14.2. The van der Waals surface area contributed by atoms with E-state index in [9.17, 15) is 0 Å². The van der Waals surface area contributed by atoms with Crippen LogP contribution < -0.4 is 0 Å². The van der Waals surface area contributed by atoms with Crippen LogP contribution in [0.2, 0.25) is 0 Å². The summed E-state index contributed by atoms with van der Waals surface area (Å²) in [5.74, 6) is 1.83. The fourth-order valence-electron chi connectivity index (χ4n) is 3.33. The maximum absolute atomic E-state index is 4.74. The minimum Gasteiger partial charge on any atom is -0.266 e. The summed E-state index contributed by atoms with van der Waals surface area (Å²) in [4.78, 5) is 5.75. The number of hydrogen-bond donors (Lipinski definition) is 0. The first kappa shape index (κ1) is 14.7. The second-order valence-corrected chi connectivity index (χ2v) is 7.81. The van der Waals surface area contributed by atoms with Gasteiger partial charge in [0.05, 0.1) is 16.4 Å². The van der Waals surface area contributed by atoms with E-state index in [0.717, 1.165) is 40.0 Å². The van der Waals surface area contributed by atoms with Crippen molar-refractivity contribution in [1.29, 1.82) is 0 Å². The van der Waals surface area contributed by atoms with Gasteiger partial charge in [-0.1, -0.05) is 0 Å². The summed E-state index contributed by atoms with van der Waals surface area (Å²) in [6.07, 6.45) is 3.16. The molecule has 7 nitrogen and oxygen atoms in total. The highest BCUT2D eigenvalue weighted by Crippen LogP contribution is 2.55. The van der Waals surface area contributed by atoms with Gasteiger partial charge in [-0.2, -0.15) is 14.7 Å². The van der Waals surface area contributed by atoms with E-state index < -0.39 is 0 Å². The minimum atomic E-state index is 0.486. The first-order chi connectivity index (χ1) is 12.1. The van der Waals surface area contributed by atoms with Crippen LogP contribution >= 0.6 is 11.3 Å². The van der Waals surface area contributed by atoms with E-state index in [1.165, 1.54) is 4.88 Å². The highest BCUT2D eigenvalue weighted by atomic mass is 32.1. The molecule has 0 saturated heterocycles. The predicted octanol–water partition coefficient (Wildman–Crippen LogP) is 2.87. The summed E-state index contributed by atoms with van der Waals surface area (Å²) < 4.78 is 3.68. The zero-order chi connectivity index (χ0) is 17.1. The van der Waals surface area contributed by atoms with Gasteiger partial charge in [-0.05, 0) is 38.5 Å². The molecule has 0 N–H and O–H groups in total. The average Bonchev–Trinajstić information content (AvgIpc) is 2.91. The summed E-state index contributed by atoms with van der Waals surface area (Å²) in [7, 11) is 1.97. The smallest absolute Gasteiger partial charge is 0.177 e. The third-order valence-corrected chi connectivity index (χ3v) is 5.80. The van der Waals surface area contributed by atoms with Crippen molar-refractivity contribution >= 4 is 17.0 Å². The van der Waals surface area contributed by atoms with Crippen molar-refractivity contribution in [2.75, 3.05) is 0 Å². The highest BCUT2D eigenvalue weighted by molar-refractivity contribution is 7.11. The summed E-state index contributed by atoms with van der Waals surface area (Å²) >= 11 is 1.79. The van der Waals surface area contributed by atoms with Gasteiger partial charge in [0, 0.05) is 30.0 Å². The molecule has 0 aromatic carbocycles. The topological polar surface area (TPSA) is 73.8 Å². The van der Waals surface area contributed by atoms with E-state index in [2.05, 4.69) is 33.3 Å². The summed E-state index contributed by atoms with van der Waals surface area (Å²) in [5.41, 5.74) is 3.78. The van der Waals surface area contributed by atoms with Crippen LogP contribution in [0.25, 0.3) is 17.0 Å². The van der Waals surface area contributed by atoms with Crippen molar-refractivity contribution in [2.24, 2.45) is 7.05 Å². The molecule has 2 atom stereocenters. The first-order valence-corrected chi connectivity index (χ1v) is 9.07. The van der Waals surface area contributed by atoms with Crippen LogP contribution in [0.5, 0.6) is 0 Å². The maximum atomic E-state index is 4.74. The number of aryl methyl sites for hydroxylation is 3. The van der Waals surface area contributed by atoms with E-state index in [0.29, 0.717) is 11.8 Å². The molecule has 4 aromatic rings. The van der Waals surface area contributed by atoms with Crippen LogP contribution in [-0.2, 0) is 7.05 Å². The Morgan fingerprint density at radius 2 is 2.00 bits per heavy atom. The number of fused-ring (bicyclic) bond motifs is 1. The SMILES string of the molecule is Cc1ncc([C@@H]2C[C@H]2c2cc(-c3ccc4nnc(C)n4n3)n(C)n2)s1. The molecule has 8 heteroatoms. The third kappa shape index (κ3) is 2.36. The molecule has 4 heterocycles. The van der Waals surface area contributed by atoms with Crippen LogP contribution in [0.15, 0.2) is 24.4 Å². The molecule has 4 aromatic heterocycles. The van der Waals surface area contributed by atoms with E-state index in [-0.39, 0.29) is 0 Å². The highest BCUT2D eigenvalue weighted by Gasteiger charge is 2.42. The van der Waals surface area contributed by atoms with Gasteiger partial charge in [0.1, 0.15) is 5.69 Å². The molecule has 5 rings (SSSR count). The molecule has 0 bridgehead atoms. The van der Waals surface area contributed by atoms with Crippen molar-refractivity contribution < 1.29 is 0 Å². The Morgan fingerprint density at radius 3 is 2.80 bits per heavy atom. The molecule has 1 aliphatic carbocycles. The van der Waals surface area contributed by atoms with Crippen molar-refractivity contribution in [3.05, 3.63) is 45.8 Å². The van der Waals surface area contributed by atoms with Crippen LogP contribution in [0.3, 0.4) is 0 Å². The number of hydrogen-bond acceptors (Lipinski definition) is 6. The molecule has 126 valence electrons. The van der Waals surface area contributed by atoms with Gasteiger partial charge in [0.25, 0.3) is 0 Å². The van der Waals surface area contributed by atoms with Crippen LogP contribution in [-0.4, -0.2) is 34.6 Å². The molecule has 0 radical (unpaired) electrons. The molecular weight excluding hydrogens is 334 g/mol. The van der Waals surface area contributed by atoms with Crippen molar-refractivity contribution in [3.63, 3.8) is 0 Å². The summed E-state index contributed by atoms with van der Waals surface area (Å²) in [6, 6.07) is 6.07. The molecule has 1 saturated carbocycles. The number of thiazole rings is 1. The summed E-state index contributed by atoms with van der Waals surface area (Å²) in [5, 5.41) is 18.7. The van der Waals surface area contributed by atoms with Crippen LogP contribution in [0, 0.1) is 13.8 Å². The van der Waals surface area contributed by atoms with Gasteiger partial charge >= 0.3 is 0 Å². The molecule has 0 aliphatic heterocycles. The minimum absolute atomic E-state index is 0.486. The van der Waals surface area contributed by atoms with E-state index in [4.69, 9.17) is 5.10 Å². The van der Waals surface area contributed by atoms with E-state index in [1.807, 2.05) is 37.0 Å². The zero-order valence-corrected chi connectivity index (χ0v) is 15.0. The number of aromatic nitrogens is 7. The molecule has 0 amide bonds.